The second-order valence-electron chi connectivity index (χ2n) is 6.23. The summed E-state index contributed by atoms with van der Waals surface area (Å²) in [6.07, 6.45) is 0. The van der Waals surface area contributed by atoms with Crippen LogP contribution in [-0.4, -0.2) is 23.9 Å². The highest BCUT2D eigenvalue weighted by Gasteiger charge is 2.21. The molecule has 25 heavy (non-hydrogen) atoms. The Balaban J connectivity index is 2.07. The first-order valence-corrected chi connectivity index (χ1v) is 7.91. The first-order chi connectivity index (χ1) is 11.7. The van der Waals surface area contributed by atoms with Crippen LogP contribution in [0.25, 0.3) is 0 Å². The molecule has 1 N–H and O–H groups in total. The normalized spacial score (nSPS) is 12.3. The summed E-state index contributed by atoms with van der Waals surface area (Å²) < 4.78 is 39.9. The van der Waals surface area contributed by atoms with Crippen LogP contribution in [0.2, 0.25) is 0 Å². The minimum atomic E-state index is -1.60. The molecule has 0 heterocycles. The van der Waals surface area contributed by atoms with E-state index < -0.39 is 29.4 Å². The van der Waals surface area contributed by atoms with E-state index in [4.69, 9.17) is 0 Å². The summed E-state index contributed by atoms with van der Waals surface area (Å²) in [5.74, 6) is -4.81. The second-order valence-corrected chi connectivity index (χ2v) is 6.23. The van der Waals surface area contributed by atoms with Gasteiger partial charge in [0, 0.05) is 6.54 Å². The molecule has 0 saturated carbocycles. The van der Waals surface area contributed by atoms with E-state index in [1.807, 2.05) is 26.0 Å². The Morgan fingerprint density at radius 1 is 1.12 bits per heavy atom. The van der Waals surface area contributed by atoms with Crippen molar-refractivity contribution >= 4 is 11.6 Å². The van der Waals surface area contributed by atoms with Crippen molar-refractivity contribution in [3.8, 4) is 0 Å². The zero-order valence-electron chi connectivity index (χ0n) is 14.7. The molecule has 2 aromatic rings. The van der Waals surface area contributed by atoms with E-state index in [2.05, 4.69) is 11.4 Å². The van der Waals surface area contributed by atoms with Crippen LogP contribution in [0.1, 0.15) is 23.6 Å². The van der Waals surface area contributed by atoms with Crippen LogP contribution >= 0.6 is 0 Å². The molecule has 2 rings (SSSR count). The molecule has 0 aliphatic heterocycles. The number of aryl methyl sites for hydroxylation is 2. The van der Waals surface area contributed by atoms with Gasteiger partial charge in [-0.15, -0.1) is 0 Å². The number of nitrogens with one attached hydrogen (secondary N) is 1. The molecule has 0 saturated heterocycles. The lowest BCUT2D eigenvalue weighted by molar-refractivity contribution is -0.120. The average molecular weight is 350 g/mol. The summed E-state index contributed by atoms with van der Waals surface area (Å²) in [7, 11) is 1.77. The van der Waals surface area contributed by atoms with Gasteiger partial charge in [-0.3, -0.25) is 9.69 Å². The first-order valence-electron chi connectivity index (χ1n) is 7.91. The smallest absolute Gasteiger partial charge is 0.241 e. The fraction of sp³-hybridized carbons (Fsp3) is 0.316. The van der Waals surface area contributed by atoms with Crippen LogP contribution in [0.5, 0.6) is 0 Å². The van der Waals surface area contributed by atoms with Gasteiger partial charge in [0.05, 0.1) is 11.7 Å². The third-order valence-corrected chi connectivity index (χ3v) is 4.25. The quantitative estimate of drug-likeness (QED) is 0.821. The molecule has 134 valence electrons. The standard InChI is InChI=1S/C19H21F3N2O/c1-11-5-6-14(12(2)9-11)10-24(4)13(3)19(25)23-16-8-7-15(20)17(21)18(16)22/h5-9,13H,10H2,1-4H3,(H,23,25)/t13-/m0/s1. The molecule has 0 fully saturated rings. The van der Waals surface area contributed by atoms with Gasteiger partial charge in [0.15, 0.2) is 17.5 Å². The van der Waals surface area contributed by atoms with E-state index >= 15 is 0 Å². The maximum absolute atomic E-state index is 13.7. The van der Waals surface area contributed by atoms with E-state index in [-0.39, 0.29) is 5.69 Å². The molecule has 2 aromatic carbocycles. The van der Waals surface area contributed by atoms with Crippen LogP contribution in [0.3, 0.4) is 0 Å². The number of anilines is 1. The predicted octanol–water partition coefficient (Wildman–Crippen LogP) is 4.18. The number of rotatable bonds is 5. The molecule has 6 heteroatoms. The van der Waals surface area contributed by atoms with Crippen LogP contribution < -0.4 is 5.32 Å². The van der Waals surface area contributed by atoms with Crippen molar-refractivity contribution in [1.82, 2.24) is 4.90 Å². The molecule has 1 atom stereocenters. The SMILES string of the molecule is Cc1ccc(CN(C)[C@@H](C)C(=O)Nc2ccc(F)c(F)c2F)c(C)c1. The Morgan fingerprint density at radius 3 is 2.44 bits per heavy atom. The topological polar surface area (TPSA) is 32.3 Å². The molecule has 1 amide bonds. The van der Waals surface area contributed by atoms with Crippen molar-refractivity contribution in [2.75, 3.05) is 12.4 Å². The Morgan fingerprint density at radius 2 is 1.80 bits per heavy atom. The van der Waals surface area contributed by atoms with Crippen molar-refractivity contribution in [1.29, 1.82) is 0 Å². The van der Waals surface area contributed by atoms with Gasteiger partial charge in [-0.25, -0.2) is 13.2 Å². The number of carbonyl (C=O) groups is 1. The molecule has 0 bridgehead atoms. The van der Waals surface area contributed by atoms with E-state index in [1.54, 1.807) is 18.9 Å². The molecule has 0 radical (unpaired) electrons. The largest absolute Gasteiger partial charge is 0.322 e. The fourth-order valence-electron chi connectivity index (χ4n) is 2.49. The number of hydrogen-bond donors (Lipinski definition) is 1. The second kappa shape index (κ2) is 7.70. The Bertz CT molecular complexity index is 792. The van der Waals surface area contributed by atoms with Crippen LogP contribution in [0.4, 0.5) is 18.9 Å². The fourth-order valence-corrected chi connectivity index (χ4v) is 2.49. The highest BCUT2D eigenvalue weighted by Crippen LogP contribution is 2.20. The molecule has 0 aliphatic rings. The molecular formula is C19H21F3N2O. The average Bonchev–Trinajstić information content (AvgIpc) is 2.57. The van der Waals surface area contributed by atoms with E-state index in [0.29, 0.717) is 6.54 Å². The van der Waals surface area contributed by atoms with Gasteiger partial charge < -0.3 is 5.32 Å². The van der Waals surface area contributed by atoms with Gasteiger partial charge in [-0.05, 0) is 51.1 Å². The third-order valence-electron chi connectivity index (χ3n) is 4.25. The van der Waals surface area contributed by atoms with Crippen LogP contribution in [0.15, 0.2) is 30.3 Å². The summed E-state index contributed by atoms with van der Waals surface area (Å²) in [5.41, 5.74) is 2.97. The Hall–Kier alpha value is -2.34. The van der Waals surface area contributed by atoms with Gasteiger partial charge in [0.25, 0.3) is 0 Å². The summed E-state index contributed by atoms with van der Waals surface area (Å²) in [4.78, 5) is 14.1. The Kier molecular flexibility index (Phi) is 5.85. The monoisotopic (exact) mass is 350 g/mol. The minimum Gasteiger partial charge on any atom is -0.322 e. The Labute approximate surface area is 145 Å². The molecular weight excluding hydrogens is 329 g/mol. The lowest BCUT2D eigenvalue weighted by Gasteiger charge is -2.25. The minimum absolute atomic E-state index is 0.379. The highest BCUT2D eigenvalue weighted by atomic mass is 19.2. The number of nitrogens with zero attached hydrogens (tertiary/aromatic N) is 1. The maximum atomic E-state index is 13.7. The highest BCUT2D eigenvalue weighted by molar-refractivity contribution is 5.94. The van der Waals surface area contributed by atoms with Gasteiger partial charge in [-0.2, -0.15) is 0 Å². The lowest BCUT2D eigenvalue weighted by Crippen LogP contribution is -2.39. The van der Waals surface area contributed by atoms with Crippen molar-refractivity contribution in [3.63, 3.8) is 0 Å². The van der Waals surface area contributed by atoms with E-state index in [1.165, 1.54) is 0 Å². The zero-order chi connectivity index (χ0) is 18.7. The van der Waals surface area contributed by atoms with Gasteiger partial charge in [0.1, 0.15) is 0 Å². The predicted molar refractivity (Wildman–Crippen MR) is 91.8 cm³/mol. The third kappa shape index (κ3) is 4.39. The van der Waals surface area contributed by atoms with Crippen LogP contribution in [-0.2, 0) is 11.3 Å². The van der Waals surface area contributed by atoms with Gasteiger partial charge in [0.2, 0.25) is 5.91 Å². The maximum Gasteiger partial charge on any atom is 0.241 e. The van der Waals surface area contributed by atoms with Crippen molar-refractivity contribution < 1.29 is 18.0 Å². The molecule has 3 nitrogen and oxygen atoms in total. The molecule has 0 unspecified atom stereocenters. The van der Waals surface area contributed by atoms with Gasteiger partial charge in [-0.1, -0.05) is 23.8 Å². The number of likely N-dealkylation sites (N-methyl/N-ethyl adjacent to an activating group) is 1. The summed E-state index contributed by atoms with van der Waals surface area (Å²) in [6, 6.07) is 7.25. The number of benzene rings is 2. The first kappa shape index (κ1) is 19.0. The van der Waals surface area contributed by atoms with Crippen molar-refractivity contribution in [3.05, 3.63) is 64.5 Å². The molecule has 0 aromatic heterocycles. The number of hydrogen-bond acceptors (Lipinski definition) is 2. The van der Waals surface area contributed by atoms with E-state index in [9.17, 15) is 18.0 Å². The summed E-state index contributed by atoms with van der Waals surface area (Å²) in [6.45, 7) is 6.20. The van der Waals surface area contributed by atoms with Gasteiger partial charge >= 0.3 is 0 Å². The number of amides is 1. The molecule has 0 aliphatic carbocycles. The zero-order valence-corrected chi connectivity index (χ0v) is 14.7. The molecule has 0 spiro atoms. The lowest BCUT2D eigenvalue weighted by atomic mass is 10.0. The summed E-state index contributed by atoms with van der Waals surface area (Å²) in [5, 5.41) is 2.31. The van der Waals surface area contributed by atoms with Crippen molar-refractivity contribution in [2.45, 2.75) is 33.4 Å². The number of halogens is 3. The van der Waals surface area contributed by atoms with E-state index in [0.717, 1.165) is 28.8 Å². The number of carbonyl (C=O) groups excluding carboxylic acids is 1. The summed E-state index contributed by atoms with van der Waals surface area (Å²) >= 11 is 0. The van der Waals surface area contributed by atoms with Crippen LogP contribution in [0, 0.1) is 31.3 Å². The van der Waals surface area contributed by atoms with Crippen molar-refractivity contribution in [2.24, 2.45) is 0 Å².